The highest BCUT2D eigenvalue weighted by molar-refractivity contribution is 7.12. The molecule has 1 amide bonds. The van der Waals surface area contributed by atoms with E-state index in [4.69, 9.17) is 0 Å². The van der Waals surface area contributed by atoms with Gasteiger partial charge in [0.05, 0.1) is 16.5 Å². The molecule has 0 radical (unpaired) electrons. The average Bonchev–Trinajstić information content (AvgIpc) is 3.31. The van der Waals surface area contributed by atoms with Crippen molar-refractivity contribution in [3.8, 4) is 0 Å². The van der Waals surface area contributed by atoms with Crippen LogP contribution in [0.25, 0.3) is 0 Å². The molecule has 6 heteroatoms. The lowest BCUT2D eigenvalue weighted by Gasteiger charge is -2.36. The number of carbonyl (C=O) groups excluding carboxylic acids is 2. The summed E-state index contributed by atoms with van der Waals surface area (Å²) < 4.78 is 13.5. The standard InChI is InChI=1S/C21H20FNO3S/c22-14-10-8-13(9-11-14)18-17(19(24)16-7-4-12-27-16)20(25)21(26)23(18)15-5-2-1-3-6-15/h4,7-12,15,18,25H,1-3,5-6H2. The molecule has 0 bridgehead atoms. The molecule has 140 valence electrons. The molecule has 1 saturated carbocycles. The minimum atomic E-state index is -0.684. The van der Waals surface area contributed by atoms with Gasteiger partial charge in [0.1, 0.15) is 5.82 Å². The third kappa shape index (κ3) is 3.18. The van der Waals surface area contributed by atoms with Crippen molar-refractivity contribution >= 4 is 23.0 Å². The largest absolute Gasteiger partial charge is 0.503 e. The van der Waals surface area contributed by atoms with E-state index in [9.17, 15) is 19.1 Å². The summed E-state index contributed by atoms with van der Waals surface area (Å²) in [6.45, 7) is 0. The van der Waals surface area contributed by atoms with Crippen LogP contribution in [0.15, 0.2) is 53.1 Å². The zero-order chi connectivity index (χ0) is 19.0. The van der Waals surface area contributed by atoms with Gasteiger partial charge in [0.25, 0.3) is 5.91 Å². The summed E-state index contributed by atoms with van der Waals surface area (Å²) in [5.41, 5.74) is 0.735. The molecule has 1 N–H and O–H groups in total. The summed E-state index contributed by atoms with van der Waals surface area (Å²) in [5.74, 6) is -1.71. The van der Waals surface area contributed by atoms with Crippen LogP contribution in [0, 0.1) is 5.82 Å². The first-order valence-corrected chi connectivity index (χ1v) is 10.1. The Kier molecular flexibility index (Phi) is 4.83. The Morgan fingerprint density at radius 1 is 1.11 bits per heavy atom. The Morgan fingerprint density at radius 2 is 1.81 bits per heavy atom. The van der Waals surface area contributed by atoms with E-state index < -0.39 is 17.7 Å². The smallest absolute Gasteiger partial charge is 0.290 e. The van der Waals surface area contributed by atoms with Crippen LogP contribution in [0.1, 0.15) is 53.4 Å². The number of aliphatic hydroxyl groups is 1. The zero-order valence-corrected chi connectivity index (χ0v) is 15.5. The summed E-state index contributed by atoms with van der Waals surface area (Å²) in [4.78, 5) is 28.1. The van der Waals surface area contributed by atoms with Gasteiger partial charge in [-0.25, -0.2) is 4.39 Å². The van der Waals surface area contributed by atoms with Crippen molar-refractivity contribution < 1.29 is 19.1 Å². The van der Waals surface area contributed by atoms with Gasteiger partial charge < -0.3 is 10.0 Å². The molecule has 1 aliphatic heterocycles. The van der Waals surface area contributed by atoms with Gasteiger partial charge in [-0.05, 0) is 42.0 Å². The molecule has 1 aromatic heterocycles. The number of nitrogens with zero attached hydrogens (tertiary/aromatic N) is 1. The van der Waals surface area contributed by atoms with Gasteiger partial charge in [0, 0.05) is 6.04 Å². The van der Waals surface area contributed by atoms with Gasteiger partial charge in [-0.3, -0.25) is 9.59 Å². The molecule has 27 heavy (non-hydrogen) atoms. The average molecular weight is 385 g/mol. The second-order valence-corrected chi connectivity index (χ2v) is 7.97. The molecule has 1 aromatic carbocycles. The van der Waals surface area contributed by atoms with Crippen molar-refractivity contribution in [2.24, 2.45) is 0 Å². The van der Waals surface area contributed by atoms with E-state index in [1.165, 1.54) is 23.5 Å². The molecule has 0 spiro atoms. The van der Waals surface area contributed by atoms with Crippen LogP contribution >= 0.6 is 11.3 Å². The summed E-state index contributed by atoms with van der Waals surface area (Å²) in [7, 11) is 0. The van der Waals surface area contributed by atoms with Crippen LogP contribution < -0.4 is 0 Å². The number of ketones is 1. The Balaban J connectivity index is 1.80. The Bertz CT molecular complexity index is 883. The molecule has 2 aliphatic rings. The van der Waals surface area contributed by atoms with Crippen LogP contribution in [-0.2, 0) is 4.79 Å². The van der Waals surface area contributed by atoms with E-state index >= 15 is 0 Å². The minimum absolute atomic E-state index is 0.0305. The normalized spacial score (nSPS) is 21.1. The Labute approximate surface area is 160 Å². The van der Waals surface area contributed by atoms with Crippen molar-refractivity contribution in [2.75, 3.05) is 0 Å². The summed E-state index contributed by atoms with van der Waals surface area (Å²) >= 11 is 1.27. The number of aliphatic hydroxyl groups excluding tert-OH is 1. The van der Waals surface area contributed by atoms with Gasteiger partial charge in [0.15, 0.2) is 5.76 Å². The lowest BCUT2D eigenvalue weighted by Crippen LogP contribution is -2.41. The Hall–Kier alpha value is -2.47. The predicted molar refractivity (Wildman–Crippen MR) is 101 cm³/mol. The summed E-state index contributed by atoms with van der Waals surface area (Å²) in [6.07, 6.45) is 4.84. The number of benzene rings is 1. The van der Waals surface area contributed by atoms with Gasteiger partial charge in [0.2, 0.25) is 5.78 Å². The van der Waals surface area contributed by atoms with E-state index in [1.807, 2.05) is 0 Å². The van der Waals surface area contributed by atoms with Crippen molar-refractivity contribution in [1.82, 2.24) is 4.90 Å². The number of Topliss-reactive ketones (excluding diaryl/α,β-unsaturated/α-hetero) is 1. The second kappa shape index (κ2) is 7.27. The minimum Gasteiger partial charge on any atom is -0.503 e. The lowest BCUT2D eigenvalue weighted by molar-refractivity contribution is -0.132. The van der Waals surface area contributed by atoms with Crippen LogP contribution in [0.3, 0.4) is 0 Å². The number of rotatable bonds is 4. The Morgan fingerprint density at radius 3 is 2.44 bits per heavy atom. The topological polar surface area (TPSA) is 57.6 Å². The molecule has 2 heterocycles. The molecule has 1 unspecified atom stereocenters. The maximum Gasteiger partial charge on any atom is 0.290 e. The number of thiophene rings is 1. The monoisotopic (exact) mass is 385 g/mol. The summed E-state index contributed by atoms with van der Waals surface area (Å²) in [5, 5.41) is 12.4. The highest BCUT2D eigenvalue weighted by Crippen LogP contribution is 2.43. The van der Waals surface area contributed by atoms with Crippen molar-refractivity contribution in [1.29, 1.82) is 0 Å². The molecule has 1 atom stereocenters. The van der Waals surface area contributed by atoms with E-state index in [1.54, 1.807) is 34.5 Å². The number of carbonyl (C=O) groups is 2. The SMILES string of the molecule is O=C(C1=C(O)C(=O)N(C2CCCCC2)C1c1ccc(F)cc1)c1cccs1. The maximum atomic E-state index is 13.5. The van der Waals surface area contributed by atoms with Gasteiger partial charge in [-0.15, -0.1) is 11.3 Å². The van der Waals surface area contributed by atoms with Gasteiger partial charge in [-0.2, -0.15) is 0 Å². The van der Waals surface area contributed by atoms with Gasteiger partial charge in [-0.1, -0.05) is 37.5 Å². The lowest BCUT2D eigenvalue weighted by atomic mass is 9.90. The van der Waals surface area contributed by atoms with E-state index in [0.717, 1.165) is 32.1 Å². The molecule has 2 aromatic rings. The molecule has 4 rings (SSSR count). The second-order valence-electron chi connectivity index (χ2n) is 7.03. The highest BCUT2D eigenvalue weighted by atomic mass is 32.1. The van der Waals surface area contributed by atoms with Crippen LogP contribution in [0.5, 0.6) is 0 Å². The van der Waals surface area contributed by atoms with Crippen LogP contribution in [-0.4, -0.2) is 27.7 Å². The van der Waals surface area contributed by atoms with Crippen molar-refractivity contribution in [3.05, 3.63) is 69.4 Å². The van der Waals surface area contributed by atoms with Crippen LogP contribution in [0.2, 0.25) is 0 Å². The molecular formula is C21H20FNO3S. The molecule has 1 fully saturated rings. The van der Waals surface area contributed by atoms with Crippen LogP contribution in [0.4, 0.5) is 4.39 Å². The number of amides is 1. The quantitative estimate of drug-likeness (QED) is 0.769. The van der Waals surface area contributed by atoms with Gasteiger partial charge >= 0.3 is 0 Å². The van der Waals surface area contributed by atoms with E-state index in [-0.39, 0.29) is 23.2 Å². The number of hydrogen-bond donors (Lipinski definition) is 1. The fourth-order valence-corrected chi connectivity index (χ4v) is 4.78. The third-order valence-electron chi connectivity index (χ3n) is 5.39. The van der Waals surface area contributed by atoms with Crippen molar-refractivity contribution in [2.45, 2.75) is 44.2 Å². The fourth-order valence-electron chi connectivity index (χ4n) is 4.10. The maximum absolute atomic E-state index is 13.5. The summed E-state index contributed by atoms with van der Waals surface area (Å²) in [6, 6.07) is 8.55. The highest BCUT2D eigenvalue weighted by Gasteiger charge is 2.46. The zero-order valence-electron chi connectivity index (χ0n) is 14.7. The molecule has 4 nitrogen and oxygen atoms in total. The third-order valence-corrected chi connectivity index (χ3v) is 6.26. The molecule has 0 saturated heterocycles. The van der Waals surface area contributed by atoms with E-state index in [2.05, 4.69) is 0 Å². The predicted octanol–water partition coefficient (Wildman–Crippen LogP) is 4.80. The first kappa shape index (κ1) is 17.9. The van der Waals surface area contributed by atoms with Crippen molar-refractivity contribution in [3.63, 3.8) is 0 Å². The molecular weight excluding hydrogens is 365 g/mol. The first-order valence-electron chi connectivity index (χ1n) is 9.17. The number of halogens is 1. The molecule has 1 aliphatic carbocycles. The number of hydrogen-bond acceptors (Lipinski definition) is 4. The first-order chi connectivity index (χ1) is 13.1. The van der Waals surface area contributed by atoms with E-state index in [0.29, 0.717) is 10.4 Å². The fraction of sp³-hybridized carbons (Fsp3) is 0.333.